The quantitative estimate of drug-likeness (QED) is 0.892. The third-order valence-corrected chi connectivity index (χ3v) is 3.90. The Balaban J connectivity index is 2.18. The lowest BCUT2D eigenvalue weighted by Crippen LogP contribution is -2.45. The summed E-state index contributed by atoms with van der Waals surface area (Å²) in [7, 11) is 1.84. The van der Waals surface area contributed by atoms with E-state index < -0.39 is 0 Å². The fourth-order valence-corrected chi connectivity index (χ4v) is 2.81. The van der Waals surface area contributed by atoms with Gasteiger partial charge in [0.2, 0.25) is 0 Å². The van der Waals surface area contributed by atoms with Crippen molar-refractivity contribution in [1.29, 1.82) is 0 Å². The van der Waals surface area contributed by atoms with E-state index in [1.165, 1.54) is 6.42 Å². The van der Waals surface area contributed by atoms with Gasteiger partial charge in [-0.15, -0.1) is 0 Å². The van der Waals surface area contributed by atoms with Crippen molar-refractivity contribution < 1.29 is 4.79 Å². The minimum atomic E-state index is 0.104. The molecule has 5 nitrogen and oxygen atoms in total. The number of likely N-dealkylation sites (tertiary alicyclic amines) is 1. The van der Waals surface area contributed by atoms with Gasteiger partial charge in [-0.1, -0.05) is 6.92 Å². The Morgan fingerprint density at radius 3 is 2.95 bits per heavy atom. The van der Waals surface area contributed by atoms with Crippen LogP contribution in [-0.2, 0) is 13.5 Å². The van der Waals surface area contributed by atoms with Crippen molar-refractivity contribution in [3.8, 4) is 0 Å². The molecule has 0 aromatic carbocycles. The van der Waals surface area contributed by atoms with E-state index in [-0.39, 0.29) is 5.91 Å². The third kappa shape index (κ3) is 2.97. The highest BCUT2D eigenvalue weighted by Crippen LogP contribution is 2.21. The number of carbonyl (C=O) groups is 1. The normalized spacial score (nSPS) is 19.7. The number of rotatable bonds is 4. The number of aryl methyl sites for hydroxylation is 2. The minimum absolute atomic E-state index is 0.104. The van der Waals surface area contributed by atoms with Gasteiger partial charge in [0.15, 0.2) is 0 Å². The second kappa shape index (κ2) is 6.19. The number of hydrogen-bond donors (Lipinski definition) is 1. The largest absolute Gasteiger partial charge is 0.334 e. The van der Waals surface area contributed by atoms with Crippen LogP contribution in [0.4, 0.5) is 0 Å². The first kappa shape index (κ1) is 14.1. The first-order valence-electron chi connectivity index (χ1n) is 7.21. The molecule has 2 N–H and O–H groups in total. The minimum Gasteiger partial charge on any atom is -0.334 e. The van der Waals surface area contributed by atoms with Crippen molar-refractivity contribution >= 4 is 5.91 Å². The van der Waals surface area contributed by atoms with Crippen LogP contribution in [0.5, 0.6) is 0 Å². The molecule has 1 aromatic rings. The first-order valence-corrected chi connectivity index (χ1v) is 7.21. The maximum Gasteiger partial charge on any atom is 0.272 e. The van der Waals surface area contributed by atoms with E-state index in [1.807, 2.05) is 18.0 Å². The molecule has 5 heteroatoms. The van der Waals surface area contributed by atoms with E-state index >= 15 is 0 Å². The predicted molar refractivity (Wildman–Crippen MR) is 74.9 cm³/mol. The van der Waals surface area contributed by atoms with E-state index in [4.69, 9.17) is 5.73 Å². The molecule has 1 aromatic heterocycles. The zero-order chi connectivity index (χ0) is 13.8. The predicted octanol–water partition coefficient (Wildman–Crippen LogP) is 1.33. The Kier molecular flexibility index (Phi) is 4.58. The summed E-state index contributed by atoms with van der Waals surface area (Å²) in [5, 5.41) is 4.36. The lowest BCUT2D eigenvalue weighted by Gasteiger charge is -2.35. The molecule has 2 heterocycles. The molecule has 1 amide bonds. The summed E-state index contributed by atoms with van der Waals surface area (Å²) < 4.78 is 1.70. The summed E-state index contributed by atoms with van der Waals surface area (Å²) in [6, 6.07) is 2.21. The van der Waals surface area contributed by atoms with Crippen LogP contribution >= 0.6 is 0 Å². The smallest absolute Gasteiger partial charge is 0.272 e. The summed E-state index contributed by atoms with van der Waals surface area (Å²) in [6.45, 7) is 3.53. The van der Waals surface area contributed by atoms with Crippen molar-refractivity contribution in [2.75, 3.05) is 13.1 Å². The molecule has 0 aliphatic carbocycles. The molecular formula is C14H24N4O. The van der Waals surface area contributed by atoms with Crippen molar-refractivity contribution in [3.05, 3.63) is 17.5 Å². The third-order valence-electron chi connectivity index (χ3n) is 3.90. The van der Waals surface area contributed by atoms with Crippen molar-refractivity contribution in [2.24, 2.45) is 12.8 Å². The van der Waals surface area contributed by atoms with Crippen molar-refractivity contribution in [1.82, 2.24) is 14.7 Å². The van der Waals surface area contributed by atoms with Crippen LogP contribution in [0.2, 0.25) is 0 Å². The fraction of sp³-hybridized carbons (Fsp3) is 0.714. The number of carbonyl (C=O) groups excluding carboxylic acids is 1. The highest BCUT2D eigenvalue weighted by molar-refractivity contribution is 5.93. The number of amides is 1. The van der Waals surface area contributed by atoms with E-state index in [0.717, 1.165) is 37.9 Å². The SMILES string of the molecule is CCc1cc(C(=O)N2CCCCC2CCN)n(C)n1. The number of nitrogens with two attached hydrogens (primary N) is 1. The Bertz CT molecular complexity index is 439. The first-order chi connectivity index (χ1) is 9.17. The average Bonchev–Trinajstić information content (AvgIpc) is 2.80. The van der Waals surface area contributed by atoms with Gasteiger partial charge >= 0.3 is 0 Å². The number of piperidine rings is 1. The maximum atomic E-state index is 12.7. The van der Waals surface area contributed by atoms with E-state index in [2.05, 4.69) is 12.0 Å². The maximum absolute atomic E-state index is 12.7. The monoisotopic (exact) mass is 264 g/mol. The summed E-state index contributed by atoms with van der Waals surface area (Å²) in [5.74, 6) is 0.104. The van der Waals surface area contributed by atoms with Gasteiger partial charge < -0.3 is 10.6 Å². The molecule has 1 aliphatic rings. The second-order valence-electron chi connectivity index (χ2n) is 5.22. The molecule has 1 unspecified atom stereocenters. The summed E-state index contributed by atoms with van der Waals surface area (Å²) in [5.41, 5.74) is 7.33. The van der Waals surface area contributed by atoms with Gasteiger partial charge in [0.05, 0.1) is 5.69 Å². The van der Waals surface area contributed by atoms with Gasteiger partial charge in [-0.25, -0.2) is 0 Å². The van der Waals surface area contributed by atoms with Crippen LogP contribution in [0.1, 0.15) is 48.8 Å². The van der Waals surface area contributed by atoms with Crippen molar-refractivity contribution in [3.63, 3.8) is 0 Å². The summed E-state index contributed by atoms with van der Waals surface area (Å²) >= 11 is 0. The number of nitrogens with zero attached hydrogens (tertiary/aromatic N) is 3. The Labute approximate surface area is 114 Å². The topological polar surface area (TPSA) is 64.2 Å². The zero-order valence-corrected chi connectivity index (χ0v) is 11.9. The standard InChI is InChI=1S/C14H24N4O/c1-3-11-10-13(17(2)16-11)14(19)18-9-5-4-6-12(18)7-8-15/h10,12H,3-9,15H2,1-2H3. The molecule has 106 valence electrons. The highest BCUT2D eigenvalue weighted by atomic mass is 16.2. The van der Waals surface area contributed by atoms with Crippen LogP contribution in [0.25, 0.3) is 0 Å². The summed E-state index contributed by atoms with van der Waals surface area (Å²) in [6.07, 6.45) is 5.10. The molecule has 19 heavy (non-hydrogen) atoms. The molecule has 1 saturated heterocycles. The van der Waals surface area contributed by atoms with E-state index in [9.17, 15) is 4.79 Å². The molecular weight excluding hydrogens is 240 g/mol. The number of aromatic nitrogens is 2. The second-order valence-corrected chi connectivity index (χ2v) is 5.22. The van der Waals surface area contributed by atoms with Crippen LogP contribution in [0, 0.1) is 0 Å². The Morgan fingerprint density at radius 1 is 1.53 bits per heavy atom. The van der Waals surface area contributed by atoms with Crippen LogP contribution < -0.4 is 5.73 Å². The highest BCUT2D eigenvalue weighted by Gasteiger charge is 2.28. The van der Waals surface area contributed by atoms with Crippen LogP contribution in [0.3, 0.4) is 0 Å². The molecule has 1 fully saturated rings. The van der Waals surface area contributed by atoms with Crippen LogP contribution in [0.15, 0.2) is 6.07 Å². The van der Waals surface area contributed by atoms with Crippen molar-refractivity contribution in [2.45, 2.75) is 45.1 Å². The zero-order valence-electron chi connectivity index (χ0n) is 11.9. The van der Waals surface area contributed by atoms with Gasteiger partial charge in [-0.05, 0) is 44.7 Å². The van der Waals surface area contributed by atoms with Gasteiger partial charge in [0.1, 0.15) is 5.69 Å². The average molecular weight is 264 g/mol. The lowest BCUT2D eigenvalue weighted by atomic mass is 9.99. The van der Waals surface area contributed by atoms with Gasteiger partial charge in [-0.3, -0.25) is 9.48 Å². The van der Waals surface area contributed by atoms with E-state index in [1.54, 1.807) is 4.68 Å². The molecule has 0 radical (unpaired) electrons. The van der Waals surface area contributed by atoms with Gasteiger partial charge in [0.25, 0.3) is 5.91 Å². The van der Waals surface area contributed by atoms with Gasteiger partial charge in [-0.2, -0.15) is 5.10 Å². The summed E-state index contributed by atoms with van der Waals surface area (Å²) in [4.78, 5) is 14.7. The molecule has 0 bridgehead atoms. The van der Waals surface area contributed by atoms with E-state index in [0.29, 0.717) is 18.3 Å². The van der Waals surface area contributed by atoms with Gasteiger partial charge in [0, 0.05) is 19.6 Å². The lowest BCUT2D eigenvalue weighted by molar-refractivity contribution is 0.0593. The fourth-order valence-electron chi connectivity index (χ4n) is 2.81. The molecule has 0 spiro atoms. The Morgan fingerprint density at radius 2 is 2.32 bits per heavy atom. The Hall–Kier alpha value is -1.36. The molecule has 1 aliphatic heterocycles. The molecule has 2 rings (SSSR count). The molecule has 0 saturated carbocycles. The molecule has 1 atom stereocenters. The van der Waals surface area contributed by atoms with Crippen LogP contribution in [-0.4, -0.2) is 39.7 Å². The number of hydrogen-bond acceptors (Lipinski definition) is 3.